The number of aromatic hydroxyl groups is 2. The lowest BCUT2D eigenvalue weighted by atomic mass is 9.97. The average molecular weight is 509 g/mol. The molecule has 0 radical (unpaired) electrons. The van der Waals surface area contributed by atoms with Gasteiger partial charge in [0.05, 0.1) is 5.56 Å². The molecule has 2 N–H and O–H groups in total. The van der Waals surface area contributed by atoms with Gasteiger partial charge in [-0.3, -0.25) is 0 Å². The minimum atomic E-state index is -0.197. The van der Waals surface area contributed by atoms with Crippen LogP contribution in [0, 0.1) is 0 Å². The lowest BCUT2D eigenvalue weighted by Crippen LogP contribution is -2.27. The molecule has 6 rings (SSSR count). The minimum Gasteiger partial charge on any atom is -0.507 e. The van der Waals surface area contributed by atoms with Crippen LogP contribution in [-0.4, -0.2) is 21.5 Å². The molecule has 37 heavy (non-hydrogen) atoms. The van der Waals surface area contributed by atoms with Crippen LogP contribution in [0.5, 0.6) is 11.5 Å². The second-order valence-corrected chi connectivity index (χ2v) is 13.7. The fourth-order valence-electron chi connectivity index (χ4n) is 6.75. The van der Waals surface area contributed by atoms with Crippen LogP contribution in [0.2, 0.25) is 0 Å². The van der Waals surface area contributed by atoms with Gasteiger partial charge in [-0.2, -0.15) is 0 Å². The number of rotatable bonds is 5. The van der Waals surface area contributed by atoms with Crippen LogP contribution in [0.4, 0.5) is 0 Å². The summed E-state index contributed by atoms with van der Waals surface area (Å²) in [7, 11) is -0.197. The quantitative estimate of drug-likeness (QED) is 0.264. The summed E-state index contributed by atoms with van der Waals surface area (Å²) in [6, 6.07) is 27.2. The molecule has 190 valence electrons. The largest absolute Gasteiger partial charge is 0.507 e. The van der Waals surface area contributed by atoms with E-state index in [9.17, 15) is 10.2 Å². The SMILES string of the molecule is Oc1cccc(O)c1-c1ccc2ccc(-c3ccccc3P(C3CCCCC3)C3CCCCC3)cc2c1. The van der Waals surface area contributed by atoms with E-state index in [0.717, 1.165) is 22.3 Å². The van der Waals surface area contributed by atoms with Crippen LogP contribution < -0.4 is 5.30 Å². The molecule has 2 aliphatic carbocycles. The molecule has 0 bridgehead atoms. The van der Waals surface area contributed by atoms with Gasteiger partial charge in [0.1, 0.15) is 11.5 Å². The van der Waals surface area contributed by atoms with Gasteiger partial charge >= 0.3 is 0 Å². The third kappa shape index (κ3) is 5.01. The molecule has 2 fully saturated rings. The van der Waals surface area contributed by atoms with E-state index in [0.29, 0.717) is 5.56 Å². The van der Waals surface area contributed by atoms with Gasteiger partial charge in [0.15, 0.2) is 0 Å². The van der Waals surface area contributed by atoms with E-state index < -0.39 is 0 Å². The van der Waals surface area contributed by atoms with Gasteiger partial charge in [0, 0.05) is 0 Å². The van der Waals surface area contributed by atoms with Crippen molar-refractivity contribution in [1.82, 2.24) is 0 Å². The molecule has 2 saturated carbocycles. The van der Waals surface area contributed by atoms with Gasteiger partial charge < -0.3 is 10.2 Å². The van der Waals surface area contributed by atoms with E-state index in [2.05, 4.69) is 54.6 Å². The number of phenols is 2. The van der Waals surface area contributed by atoms with E-state index in [1.54, 1.807) is 23.5 Å². The Kier molecular flexibility index (Phi) is 7.21. The van der Waals surface area contributed by atoms with Crippen molar-refractivity contribution in [3.63, 3.8) is 0 Å². The van der Waals surface area contributed by atoms with Crippen LogP contribution in [0.3, 0.4) is 0 Å². The highest BCUT2D eigenvalue weighted by molar-refractivity contribution is 7.67. The zero-order valence-electron chi connectivity index (χ0n) is 21.6. The summed E-state index contributed by atoms with van der Waals surface area (Å²) in [6.45, 7) is 0. The Balaban J connectivity index is 1.43. The van der Waals surface area contributed by atoms with Crippen molar-refractivity contribution in [3.05, 3.63) is 78.9 Å². The van der Waals surface area contributed by atoms with E-state index in [1.807, 2.05) is 6.07 Å². The Labute approximate surface area is 222 Å². The molecule has 0 saturated heterocycles. The third-order valence-corrected chi connectivity index (χ3v) is 12.1. The van der Waals surface area contributed by atoms with Crippen LogP contribution in [0.25, 0.3) is 33.0 Å². The van der Waals surface area contributed by atoms with Gasteiger partial charge in [-0.05, 0) is 94.0 Å². The second kappa shape index (κ2) is 10.9. The summed E-state index contributed by atoms with van der Waals surface area (Å²) < 4.78 is 0. The van der Waals surface area contributed by atoms with Crippen molar-refractivity contribution in [3.8, 4) is 33.8 Å². The molecule has 3 heteroatoms. The molecule has 0 spiro atoms. The topological polar surface area (TPSA) is 40.5 Å². The molecule has 2 nitrogen and oxygen atoms in total. The molecule has 0 unspecified atom stereocenters. The molecular weight excluding hydrogens is 471 g/mol. The van der Waals surface area contributed by atoms with Gasteiger partial charge in [-0.1, -0.05) is 101 Å². The maximum Gasteiger partial charge on any atom is 0.127 e. The van der Waals surface area contributed by atoms with Crippen LogP contribution >= 0.6 is 7.92 Å². The predicted molar refractivity (Wildman–Crippen MR) is 158 cm³/mol. The van der Waals surface area contributed by atoms with Crippen molar-refractivity contribution in [2.24, 2.45) is 0 Å². The van der Waals surface area contributed by atoms with Crippen LogP contribution in [-0.2, 0) is 0 Å². The summed E-state index contributed by atoms with van der Waals surface area (Å²) in [5, 5.41) is 24.8. The first-order valence-corrected chi connectivity index (χ1v) is 15.6. The number of benzene rings is 4. The molecule has 0 atom stereocenters. The fourth-order valence-corrected chi connectivity index (χ4v) is 10.7. The fraction of sp³-hybridized carbons (Fsp3) is 0.353. The van der Waals surface area contributed by atoms with E-state index in [4.69, 9.17) is 0 Å². The normalized spacial score (nSPS) is 17.4. The van der Waals surface area contributed by atoms with Gasteiger partial charge in [-0.15, -0.1) is 0 Å². The van der Waals surface area contributed by atoms with Crippen LogP contribution in [0.1, 0.15) is 64.2 Å². The van der Waals surface area contributed by atoms with Gasteiger partial charge in [0.2, 0.25) is 0 Å². The molecule has 0 amide bonds. The van der Waals surface area contributed by atoms with Crippen molar-refractivity contribution < 1.29 is 10.2 Å². The van der Waals surface area contributed by atoms with Crippen molar-refractivity contribution in [2.45, 2.75) is 75.5 Å². The molecule has 4 aromatic rings. The highest BCUT2D eigenvalue weighted by atomic mass is 31.1. The van der Waals surface area contributed by atoms with Crippen molar-refractivity contribution >= 4 is 24.0 Å². The van der Waals surface area contributed by atoms with Crippen molar-refractivity contribution in [2.75, 3.05) is 0 Å². The zero-order chi connectivity index (χ0) is 25.2. The number of hydrogen-bond acceptors (Lipinski definition) is 2. The summed E-state index contributed by atoms with van der Waals surface area (Å²) in [6.07, 6.45) is 14.0. The summed E-state index contributed by atoms with van der Waals surface area (Å²) in [5.74, 6) is 0.206. The predicted octanol–water partition coefficient (Wildman–Crippen LogP) is 9.36. The molecule has 4 aromatic carbocycles. The van der Waals surface area contributed by atoms with E-state index in [1.165, 1.54) is 80.7 Å². The molecular formula is C34H37O2P. The summed E-state index contributed by atoms with van der Waals surface area (Å²) in [4.78, 5) is 0. The Bertz CT molecular complexity index is 1340. The Morgan fingerprint density at radius 3 is 1.76 bits per heavy atom. The molecule has 2 aliphatic rings. The monoisotopic (exact) mass is 508 g/mol. The second-order valence-electron chi connectivity index (χ2n) is 11.0. The standard InChI is InChI=1S/C34H37O2P/c35-31-15-9-16-32(36)34(31)26-21-19-24-18-20-25(22-27(24)23-26)30-14-7-8-17-33(30)37(28-10-3-1-4-11-28)29-12-5-2-6-13-29/h7-9,14-23,28-29,35-36H,1-6,10-13H2. The Morgan fingerprint density at radius 2 is 1.11 bits per heavy atom. The third-order valence-electron chi connectivity index (χ3n) is 8.58. The molecule has 0 heterocycles. The van der Waals surface area contributed by atoms with Crippen LogP contribution in [0.15, 0.2) is 78.9 Å². The smallest absolute Gasteiger partial charge is 0.127 e. The number of phenolic OH excluding ortho intramolecular Hbond substituents is 2. The lowest BCUT2D eigenvalue weighted by Gasteiger charge is -2.39. The first kappa shape index (κ1) is 24.5. The Morgan fingerprint density at radius 1 is 0.541 bits per heavy atom. The molecule has 0 aromatic heterocycles. The summed E-state index contributed by atoms with van der Waals surface area (Å²) >= 11 is 0. The average Bonchev–Trinajstić information content (AvgIpc) is 2.94. The highest BCUT2D eigenvalue weighted by Gasteiger charge is 2.33. The van der Waals surface area contributed by atoms with E-state index >= 15 is 0 Å². The summed E-state index contributed by atoms with van der Waals surface area (Å²) in [5.41, 5.74) is 5.74. The molecule has 0 aliphatic heterocycles. The zero-order valence-corrected chi connectivity index (χ0v) is 22.5. The lowest BCUT2D eigenvalue weighted by molar-refractivity contribution is 0.454. The van der Waals surface area contributed by atoms with Crippen molar-refractivity contribution in [1.29, 1.82) is 0 Å². The number of fused-ring (bicyclic) bond motifs is 1. The van der Waals surface area contributed by atoms with E-state index in [-0.39, 0.29) is 19.4 Å². The highest BCUT2D eigenvalue weighted by Crippen LogP contribution is 2.56. The van der Waals surface area contributed by atoms with Gasteiger partial charge in [0.25, 0.3) is 0 Å². The minimum absolute atomic E-state index is 0.103. The maximum absolute atomic E-state index is 10.4. The first-order valence-electron chi connectivity index (χ1n) is 14.1. The van der Waals surface area contributed by atoms with Gasteiger partial charge in [-0.25, -0.2) is 0 Å². The number of hydrogen-bond donors (Lipinski definition) is 2. The Hall–Kier alpha value is -2.83. The first-order chi connectivity index (χ1) is 18.2. The maximum atomic E-state index is 10.4.